The van der Waals surface area contributed by atoms with Crippen molar-refractivity contribution in [1.82, 2.24) is 10.3 Å². The Morgan fingerprint density at radius 3 is 3.00 bits per heavy atom. The Hall–Kier alpha value is -1.03. The second-order valence-electron chi connectivity index (χ2n) is 5.66. The molecule has 1 aliphatic heterocycles. The summed E-state index contributed by atoms with van der Waals surface area (Å²) in [6.07, 6.45) is 5.46. The SMILES string of the molecule is CNCc1coc(N2CCCC(C)(C)CC2)n1. The summed E-state index contributed by atoms with van der Waals surface area (Å²) in [4.78, 5) is 6.78. The minimum Gasteiger partial charge on any atom is -0.432 e. The molecule has 4 heteroatoms. The van der Waals surface area contributed by atoms with Crippen molar-refractivity contribution < 1.29 is 4.42 Å². The van der Waals surface area contributed by atoms with Crippen LogP contribution >= 0.6 is 0 Å². The summed E-state index contributed by atoms with van der Waals surface area (Å²) >= 11 is 0. The van der Waals surface area contributed by atoms with Gasteiger partial charge in [0.15, 0.2) is 0 Å². The number of hydrogen-bond acceptors (Lipinski definition) is 4. The van der Waals surface area contributed by atoms with Crippen LogP contribution in [0.3, 0.4) is 0 Å². The van der Waals surface area contributed by atoms with Crippen molar-refractivity contribution in [3.05, 3.63) is 12.0 Å². The average molecular weight is 237 g/mol. The minimum atomic E-state index is 0.454. The summed E-state index contributed by atoms with van der Waals surface area (Å²) in [6.45, 7) is 7.56. The first-order valence-electron chi connectivity index (χ1n) is 6.45. The summed E-state index contributed by atoms with van der Waals surface area (Å²) < 4.78 is 5.56. The average Bonchev–Trinajstić information content (AvgIpc) is 2.64. The molecule has 1 aromatic heterocycles. The van der Waals surface area contributed by atoms with Crippen LogP contribution in [0, 0.1) is 5.41 Å². The quantitative estimate of drug-likeness (QED) is 0.876. The Morgan fingerprint density at radius 1 is 1.41 bits per heavy atom. The van der Waals surface area contributed by atoms with E-state index in [0.717, 1.165) is 31.3 Å². The fourth-order valence-electron chi connectivity index (χ4n) is 2.32. The molecule has 0 aromatic carbocycles. The molecule has 0 spiro atoms. The molecular weight excluding hydrogens is 214 g/mol. The van der Waals surface area contributed by atoms with Crippen LogP contribution in [0.2, 0.25) is 0 Å². The second-order valence-corrected chi connectivity index (χ2v) is 5.66. The summed E-state index contributed by atoms with van der Waals surface area (Å²) in [5.41, 5.74) is 1.43. The predicted octanol–water partition coefficient (Wildman–Crippen LogP) is 2.41. The molecule has 0 amide bonds. The van der Waals surface area contributed by atoms with Gasteiger partial charge in [-0.2, -0.15) is 4.98 Å². The van der Waals surface area contributed by atoms with Crippen molar-refractivity contribution >= 4 is 6.01 Å². The minimum absolute atomic E-state index is 0.454. The van der Waals surface area contributed by atoms with Gasteiger partial charge in [0, 0.05) is 19.6 Å². The maximum absolute atomic E-state index is 5.56. The van der Waals surface area contributed by atoms with Crippen LogP contribution < -0.4 is 10.2 Å². The highest BCUT2D eigenvalue weighted by Gasteiger charge is 2.24. The van der Waals surface area contributed by atoms with Crippen molar-refractivity contribution in [3.63, 3.8) is 0 Å². The first-order valence-corrected chi connectivity index (χ1v) is 6.45. The van der Waals surface area contributed by atoms with E-state index in [1.807, 2.05) is 7.05 Å². The number of hydrogen-bond donors (Lipinski definition) is 1. The van der Waals surface area contributed by atoms with Gasteiger partial charge in [0.1, 0.15) is 6.26 Å². The lowest BCUT2D eigenvalue weighted by Crippen LogP contribution is -2.25. The van der Waals surface area contributed by atoms with Gasteiger partial charge in [-0.1, -0.05) is 13.8 Å². The van der Waals surface area contributed by atoms with Gasteiger partial charge in [0.2, 0.25) is 0 Å². The molecule has 2 rings (SSSR count). The lowest BCUT2D eigenvalue weighted by Gasteiger charge is -2.22. The highest BCUT2D eigenvalue weighted by Crippen LogP contribution is 2.31. The standard InChI is InChI=1S/C13H23N3O/c1-13(2)5-4-7-16(8-6-13)12-15-11(9-14-3)10-17-12/h10,14H,4-9H2,1-3H3. The lowest BCUT2D eigenvalue weighted by atomic mass is 9.85. The lowest BCUT2D eigenvalue weighted by molar-refractivity contribution is 0.324. The molecule has 0 unspecified atom stereocenters. The van der Waals surface area contributed by atoms with Gasteiger partial charge in [0.05, 0.1) is 5.69 Å². The van der Waals surface area contributed by atoms with Gasteiger partial charge in [-0.3, -0.25) is 0 Å². The van der Waals surface area contributed by atoms with Crippen LogP contribution in [0.1, 0.15) is 38.8 Å². The molecule has 0 radical (unpaired) electrons. The molecule has 0 saturated carbocycles. The van der Waals surface area contributed by atoms with E-state index in [2.05, 4.69) is 29.0 Å². The molecule has 2 heterocycles. The van der Waals surface area contributed by atoms with Crippen LogP contribution in [-0.4, -0.2) is 25.1 Å². The second kappa shape index (κ2) is 5.08. The third-order valence-electron chi connectivity index (χ3n) is 3.51. The first kappa shape index (κ1) is 12.4. The topological polar surface area (TPSA) is 41.3 Å². The molecule has 1 aromatic rings. The monoisotopic (exact) mass is 237 g/mol. The van der Waals surface area contributed by atoms with Crippen LogP contribution in [0.5, 0.6) is 0 Å². The zero-order chi connectivity index (χ0) is 12.3. The van der Waals surface area contributed by atoms with E-state index >= 15 is 0 Å². The number of anilines is 1. The van der Waals surface area contributed by atoms with Gasteiger partial charge >= 0.3 is 0 Å². The fraction of sp³-hybridized carbons (Fsp3) is 0.769. The third kappa shape index (κ3) is 3.22. The van der Waals surface area contributed by atoms with E-state index in [1.165, 1.54) is 19.3 Å². The van der Waals surface area contributed by atoms with Crippen LogP contribution in [-0.2, 0) is 6.54 Å². The largest absolute Gasteiger partial charge is 0.432 e. The molecule has 1 saturated heterocycles. The number of aromatic nitrogens is 1. The molecule has 0 atom stereocenters. The van der Waals surface area contributed by atoms with Crippen molar-refractivity contribution in [3.8, 4) is 0 Å². The number of rotatable bonds is 3. The Labute approximate surface area is 103 Å². The van der Waals surface area contributed by atoms with E-state index in [-0.39, 0.29) is 0 Å². The molecular formula is C13H23N3O. The summed E-state index contributed by atoms with van der Waals surface area (Å²) in [7, 11) is 1.92. The van der Waals surface area contributed by atoms with Gasteiger partial charge in [-0.25, -0.2) is 0 Å². The van der Waals surface area contributed by atoms with Crippen molar-refractivity contribution in [2.75, 3.05) is 25.0 Å². The highest BCUT2D eigenvalue weighted by atomic mass is 16.4. The van der Waals surface area contributed by atoms with E-state index in [0.29, 0.717) is 5.41 Å². The molecule has 0 aliphatic carbocycles. The summed E-state index contributed by atoms with van der Waals surface area (Å²) in [6, 6.07) is 0.785. The Kier molecular flexibility index (Phi) is 3.72. The Balaban J connectivity index is 2.01. The van der Waals surface area contributed by atoms with Crippen molar-refractivity contribution in [1.29, 1.82) is 0 Å². The molecule has 1 aliphatic rings. The molecule has 4 nitrogen and oxygen atoms in total. The van der Waals surface area contributed by atoms with Crippen LogP contribution in [0.25, 0.3) is 0 Å². The van der Waals surface area contributed by atoms with Crippen LogP contribution in [0.4, 0.5) is 6.01 Å². The zero-order valence-electron chi connectivity index (χ0n) is 11.1. The van der Waals surface area contributed by atoms with Gasteiger partial charge in [-0.05, 0) is 31.7 Å². The maximum Gasteiger partial charge on any atom is 0.297 e. The van der Waals surface area contributed by atoms with E-state index in [4.69, 9.17) is 4.42 Å². The van der Waals surface area contributed by atoms with E-state index in [9.17, 15) is 0 Å². The van der Waals surface area contributed by atoms with Gasteiger partial charge in [0.25, 0.3) is 6.01 Å². The Morgan fingerprint density at radius 2 is 2.24 bits per heavy atom. The molecule has 0 bridgehead atoms. The molecule has 1 fully saturated rings. The van der Waals surface area contributed by atoms with Gasteiger partial charge in [-0.15, -0.1) is 0 Å². The summed E-state index contributed by atoms with van der Waals surface area (Å²) in [5, 5.41) is 3.08. The highest BCUT2D eigenvalue weighted by molar-refractivity contribution is 5.27. The number of nitrogens with zero attached hydrogens (tertiary/aromatic N) is 2. The maximum atomic E-state index is 5.56. The van der Waals surface area contributed by atoms with Crippen LogP contribution in [0.15, 0.2) is 10.7 Å². The van der Waals surface area contributed by atoms with E-state index < -0.39 is 0 Å². The number of nitrogens with one attached hydrogen (secondary N) is 1. The summed E-state index contributed by atoms with van der Waals surface area (Å²) in [5.74, 6) is 0. The molecule has 17 heavy (non-hydrogen) atoms. The third-order valence-corrected chi connectivity index (χ3v) is 3.51. The Bertz CT molecular complexity index is 359. The van der Waals surface area contributed by atoms with Gasteiger partial charge < -0.3 is 14.6 Å². The van der Waals surface area contributed by atoms with Crippen molar-refractivity contribution in [2.24, 2.45) is 5.41 Å². The number of oxazole rings is 1. The van der Waals surface area contributed by atoms with Crippen molar-refractivity contribution in [2.45, 2.75) is 39.7 Å². The first-order chi connectivity index (χ1) is 8.11. The fourth-order valence-corrected chi connectivity index (χ4v) is 2.32. The zero-order valence-corrected chi connectivity index (χ0v) is 11.1. The smallest absolute Gasteiger partial charge is 0.297 e. The molecule has 1 N–H and O–H groups in total. The normalized spacial score (nSPS) is 20.3. The predicted molar refractivity (Wildman–Crippen MR) is 69.1 cm³/mol. The van der Waals surface area contributed by atoms with E-state index in [1.54, 1.807) is 6.26 Å². The molecule has 96 valence electrons.